The maximum absolute atomic E-state index is 11.7. The van der Waals surface area contributed by atoms with E-state index in [0.29, 0.717) is 18.0 Å². The number of oxazole rings is 1. The fraction of sp³-hybridized carbons (Fsp3) is 0.231. The lowest BCUT2D eigenvalue weighted by Crippen LogP contribution is -2.22. The molecule has 0 fully saturated rings. The Morgan fingerprint density at radius 1 is 1.35 bits per heavy atom. The van der Waals surface area contributed by atoms with Gasteiger partial charge in [-0.1, -0.05) is 25.1 Å². The van der Waals surface area contributed by atoms with Gasteiger partial charge in [-0.25, -0.2) is 4.98 Å². The zero-order valence-corrected chi connectivity index (χ0v) is 9.64. The van der Waals surface area contributed by atoms with Crippen molar-refractivity contribution in [1.82, 2.24) is 10.3 Å². The topological polar surface area (TPSA) is 55.1 Å². The minimum absolute atomic E-state index is 0.123. The van der Waals surface area contributed by atoms with Crippen LogP contribution in [-0.2, 0) is 13.0 Å². The third-order valence-corrected chi connectivity index (χ3v) is 2.39. The Kier molecular flexibility index (Phi) is 3.55. The van der Waals surface area contributed by atoms with Crippen LogP contribution >= 0.6 is 0 Å². The average Bonchev–Trinajstić information content (AvgIpc) is 2.85. The Morgan fingerprint density at radius 2 is 2.12 bits per heavy atom. The predicted molar refractivity (Wildman–Crippen MR) is 63.5 cm³/mol. The minimum Gasteiger partial charge on any atom is -0.444 e. The van der Waals surface area contributed by atoms with Gasteiger partial charge in [0.1, 0.15) is 5.76 Å². The van der Waals surface area contributed by atoms with Crippen molar-refractivity contribution in [2.75, 3.05) is 0 Å². The number of aromatic nitrogens is 1. The van der Waals surface area contributed by atoms with E-state index >= 15 is 0 Å². The van der Waals surface area contributed by atoms with Gasteiger partial charge in [0.2, 0.25) is 5.89 Å². The Bertz CT molecular complexity index is 491. The van der Waals surface area contributed by atoms with E-state index in [4.69, 9.17) is 4.42 Å². The largest absolute Gasteiger partial charge is 0.444 e. The van der Waals surface area contributed by atoms with Gasteiger partial charge in [-0.15, -0.1) is 0 Å². The summed E-state index contributed by atoms with van der Waals surface area (Å²) in [6, 6.07) is 9.06. The zero-order valence-electron chi connectivity index (χ0n) is 9.64. The average molecular weight is 230 g/mol. The van der Waals surface area contributed by atoms with Crippen molar-refractivity contribution >= 4 is 5.91 Å². The molecule has 0 aliphatic carbocycles. The molecule has 4 nitrogen and oxygen atoms in total. The molecule has 4 heteroatoms. The van der Waals surface area contributed by atoms with Gasteiger partial charge in [0.25, 0.3) is 5.91 Å². The molecule has 1 heterocycles. The smallest absolute Gasteiger partial charge is 0.251 e. The lowest BCUT2D eigenvalue weighted by molar-refractivity contribution is 0.0947. The van der Waals surface area contributed by atoms with Crippen LogP contribution in [0, 0.1) is 0 Å². The Hall–Kier alpha value is -2.10. The van der Waals surface area contributed by atoms with Crippen LogP contribution in [0.1, 0.15) is 28.9 Å². The molecule has 2 rings (SSSR count). The van der Waals surface area contributed by atoms with E-state index in [9.17, 15) is 4.79 Å². The molecule has 1 aromatic heterocycles. The van der Waals surface area contributed by atoms with Gasteiger partial charge in [0.05, 0.1) is 12.7 Å². The number of carbonyl (C=O) groups is 1. The maximum Gasteiger partial charge on any atom is 0.251 e. The summed E-state index contributed by atoms with van der Waals surface area (Å²) in [4.78, 5) is 15.8. The van der Waals surface area contributed by atoms with Gasteiger partial charge < -0.3 is 9.73 Å². The summed E-state index contributed by atoms with van der Waals surface area (Å²) in [5, 5.41) is 2.76. The van der Waals surface area contributed by atoms with Crippen molar-refractivity contribution in [3.8, 4) is 0 Å². The lowest BCUT2D eigenvalue weighted by atomic mass is 10.2. The standard InChI is InChI=1S/C13H14N2O2/c1-2-11-8-14-12(17-11)9-15-13(16)10-6-4-3-5-7-10/h3-8H,2,9H2,1H3,(H,15,16). The first-order valence-corrected chi connectivity index (χ1v) is 5.56. The second-order valence-electron chi connectivity index (χ2n) is 3.62. The number of rotatable bonds is 4. The van der Waals surface area contributed by atoms with E-state index in [2.05, 4.69) is 10.3 Å². The molecular weight excluding hydrogens is 216 g/mol. The molecular formula is C13H14N2O2. The van der Waals surface area contributed by atoms with Crippen LogP contribution in [0.25, 0.3) is 0 Å². The molecule has 0 radical (unpaired) electrons. The Balaban J connectivity index is 1.92. The highest BCUT2D eigenvalue weighted by Gasteiger charge is 2.06. The summed E-state index contributed by atoms with van der Waals surface area (Å²) in [6.45, 7) is 2.31. The van der Waals surface area contributed by atoms with E-state index in [0.717, 1.165) is 12.2 Å². The third-order valence-electron chi connectivity index (χ3n) is 2.39. The van der Waals surface area contributed by atoms with Crippen molar-refractivity contribution in [3.05, 3.63) is 53.7 Å². The monoisotopic (exact) mass is 230 g/mol. The fourth-order valence-corrected chi connectivity index (χ4v) is 1.44. The summed E-state index contributed by atoms with van der Waals surface area (Å²) in [7, 11) is 0. The normalized spacial score (nSPS) is 10.2. The molecule has 2 aromatic rings. The van der Waals surface area contributed by atoms with Crippen LogP contribution in [0.3, 0.4) is 0 Å². The number of nitrogens with one attached hydrogen (secondary N) is 1. The SMILES string of the molecule is CCc1cnc(CNC(=O)c2ccccc2)o1. The molecule has 0 saturated carbocycles. The summed E-state index contributed by atoms with van der Waals surface area (Å²) in [5.74, 6) is 1.24. The van der Waals surface area contributed by atoms with E-state index in [1.807, 2.05) is 25.1 Å². The van der Waals surface area contributed by atoms with E-state index < -0.39 is 0 Å². The van der Waals surface area contributed by atoms with E-state index in [-0.39, 0.29) is 5.91 Å². The highest BCUT2D eigenvalue weighted by molar-refractivity contribution is 5.93. The first-order valence-electron chi connectivity index (χ1n) is 5.56. The third kappa shape index (κ3) is 2.93. The molecule has 0 aliphatic rings. The molecule has 0 saturated heterocycles. The predicted octanol–water partition coefficient (Wildman–Crippen LogP) is 2.17. The van der Waals surface area contributed by atoms with Crippen molar-refractivity contribution in [3.63, 3.8) is 0 Å². The Morgan fingerprint density at radius 3 is 2.76 bits per heavy atom. The first kappa shape index (κ1) is 11.4. The van der Waals surface area contributed by atoms with Crippen molar-refractivity contribution in [1.29, 1.82) is 0 Å². The highest BCUT2D eigenvalue weighted by Crippen LogP contribution is 2.04. The van der Waals surface area contributed by atoms with Crippen LogP contribution in [0.15, 0.2) is 40.9 Å². The van der Waals surface area contributed by atoms with E-state index in [1.54, 1.807) is 18.3 Å². The second-order valence-corrected chi connectivity index (χ2v) is 3.62. The zero-order chi connectivity index (χ0) is 12.1. The molecule has 1 N–H and O–H groups in total. The van der Waals surface area contributed by atoms with Gasteiger partial charge in [-0.05, 0) is 12.1 Å². The number of hydrogen-bond acceptors (Lipinski definition) is 3. The molecule has 1 aromatic carbocycles. The van der Waals surface area contributed by atoms with Gasteiger partial charge in [-0.2, -0.15) is 0 Å². The quantitative estimate of drug-likeness (QED) is 0.875. The van der Waals surface area contributed by atoms with E-state index in [1.165, 1.54) is 0 Å². The number of benzene rings is 1. The molecule has 17 heavy (non-hydrogen) atoms. The molecule has 0 aliphatic heterocycles. The number of hydrogen-bond donors (Lipinski definition) is 1. The maximum atomic E-state index is 11.7. The highest BCUT2D eigenvalue weighted by atomic mass is 16.4. The summed E-state index contributed by atoms with van der Waals surface area (Å²) < 4.78 is 5.39. The van der Waals surface area contributed by atoms with Crippen LogP contribution in [0.5, 0.6) is 0 Å². The van der Waals surface area contributed by atoms with Crippen LogP contribution < -0.4 is 5.32 Å². The minimum atomic E-state index is -0.123. The summed E-state index contributed by atoms with van der Waals surface area (Å²) in [5.41, 5.74) is 0.634. The molecule has 0 unspecified atom stereocenters. The van der Waals surface area contributed by atoms with Crippen molar-refractivity contribution in [2.24, 2.45) is 0 Å². The Labute approximate surface area is 99.7 Å². The number of nitrogens with zero attached hydrogens (tertiary/aromatic N) is 1. The van der Waals surface area contributed by atoms with Crippen LogP contribution in [-0.4, -0.2) is 10.9 Å². The number of aryl methyl sites for hydroxylation is 1. The first-order chi connectivity index (χ1) is 8.29. The lowest BCUT2D eigenvalue weighted by Gasteiger charge is -2.01. The molecule has 0 atom stereocenters. The van der Waals surface area contributed by atoms with Gasteiger partial charge in [0.15, 0.2) is 0 Å². The van der Waals surface area contributed by atoms with Crippen LogP contribution in [0.4, 0.5) is 0 Å². The fourth-order valence-electron chi connectivity index (χ4n) is 1.44. The van der Waals surface area contributed by atoms with Crippen molar-refractivity contribution < 1.29 is 9.21 Å². The van der Waals surface area contributed by atoms with Crippen LogP contribution in [0.2, 0.25) is 0 Å². The van der Waals surface area contributed by atoms with Gasteiger partial charge in [0, 0.05) is 12.0 Å². The van der Waals surface area contributed by atoms with Crippen molar-refractivity contribution in [2.45, 2.75) is 19.9 Å². The number of carbonyl (C=O) groups excluding carboxylic acids is 1. The molecule has 1 amide bonds. The van der Waals surface area contributed by atoms with Gasteiger partial charge >= 0.3 is 0 Å². The summed E-state index contributed by atoms with van der Waals surface area (Å²) in [6.07, 6.45) is 2.49. The molecule has 0 bridgehead atoms. The molecule has 0 spiro atoms. The second kappa shape index (κ2) is 5.30. The summed E-state index contributed by atoms with van der Waals surface area (Å²) >= 11 is 0. The molecule has 88 valence electrons. The van der Waals surface area contributed by atoms with Gasteiger partial charge in [-0.3, -0.25) is 4.79 Å². The number of amides is 1.